The van der Waals surface area contributed by atoms with Crippen LogP contribution in [-0.4, -0.2) is 36.4 Å². The number of esters is 2. The Balaban J connectivity index is 3.59. The van der Waals surface area contributed by atoms with Crippen LogP contribution in [0.4, 0.5) is 0 Å². The Morgan fingerprint density at radius 2 is 0.714 bits per heavy atom. The molecular formula is C51H84O5. The molecule has 0 saturated heterocycles. The van der Waals surface area contributed by atoms with Gasteiger partial charge in [-0.3, -0.25) is 9.59 Å². The van der Waals surface area contributed by atoms with Crippen LogP contribution >= 0.6 is 0 Å². The summed E-state index contributed by atoms with van der Waals surface area (Å²) in [7, 11) is 0. The molecule has 0 amide bonds. The lowest BCUT2D eigenvalue weighted by atomic mass is 10.0. The highest BCUT2D eigenvalue weighted by Gasteiger charge is 2.16. The molecule has 56 heavy (non-hydrogen) atoms. The van der Waals surface area contributed by atoms with Gasteiger partial charge in [0.25, 0.3) is 0 Å². The topological polar surface area (TPSA) is 72.8 Å². The summed E-state index contributed by atoms with van der Waals surface area (Å²) in [4.78, 5) is 24.4. The summed E-state index contributed by atoms with van der Waals surface area (Å²) in [5, 5.41) is 9.60. The molecule has 0 radical (unpaired) electrons. The molecule has 318 valence electrons. The molecule has 1 N–H and O–H groups in total. The smallest absolute Gasteiger partial charge is 0.306 e. The average Bonchev–Trinajstić information content (AvgIpc) is 3.20. The normalized spacial score (nSPS) is 13.1. The van der Waals surface area contributed by atoms with Gasteiger partial charge >= 0.3 is 11.9 Å². The summed E-state index contributed by atoms with van der Waals surface area (Å²) in [6.45, 7) is 3.89. The lowest BCUT2D eigenvalue weighted by Gasteiger charge is -2.15. The molecule has 0 aliphatic heterocycles. The standard InChI is InChI=1S/C51H84O5/c1-3-5-7-9-11-13-15-17-19-21-23-24-25-26-28-30-32-34-36-38-40-42-44-46-51(54)56-49(47-52)48-55-50(53)45-43-41-39-37-35-33-31-29-27-22-20-18-16-14-12-10-8-6-4-2/h5-8,11-14,17-20,23-24,27,29,49,52H,3-4,9-10,15-16,21-22,25-26,28,30-48H2,1-2H3/b7-5-,8-6-,13-11-,14-12-,19-17-,20-18-,24-23-,29-27-. The van der Waals surface area contributed by atoms with Crippen LogP contribution in [0.3, 0.4) is 0 Å². The molecule has 0 aromatic carbocycles. The fourth-order valence-electron chi connectivity index (χ4n) is 6.01. The van der Waals surface area contributed by atoms with Crippen LogP contribution in [-0.2, 0) is 19.1 Å². The van der Waals surface area contributed by atoms with E-state index in [4.69, 9.17) is 9.47 Å². The van der Waals surface area contributed by atoms with Gasteiger partial charge in [0.15, 0.2) is 6.10 Å². The number of carbonyl (C=O) groups excluding carboxylic acids is 2. The zero-order valence-electron chi connectivity index (χ0n) is 36.1. The first-order chi connectivity index (χ1) is 27.6. The number of unbranched alkanes of at least 4 members (excludes halogenated alkanes) is 16. The minimum atomic E-state index is -0.787. The van der Waals surface area contributed by atoms with Crippen LogP contribution in [0.1, 0.15) is 194 Å². The molecule has 5 nitrogen and oxygen atoms in total. The quantitative estimate of drug-likeness (QED) is 0.0381. The number of aliphatic hydroxyl groups is 1. The number of ether oxygens (including phenoxy) is 2. The van der Waals surface area contributed by atoms with Crippen molar-refractivity contribution >= 4 is 11.9 Å². The summed E-state index contributed by atoms with van der Waals surface area (Å²) in [6.07, 6.45) is 64.8. The van der Waals surface area contributed by atoms with E-state index in [9.17, 15) is 14.7 Å². The highest BCUT2D eigenvalue weighted by Crippen LogP contribution is 2.14. The van der Waals surface area contributed by atoms with E-state index in [0.717, 1.165) is 96.3 Å². The van der Waals surface area contributed by atoms with Crippen LogP contribution in [0.25, 0.3) is 0 Å². The Morgan fingerprint density at radius 3 is 1.07 bits per heavy atom. The van der Waals surface area contributed by atoms with Gasteiger partial charge in [0, 0.05) is 12.8 Å². The number of carbonyl (C=O) groups is 2. The van der Waals surface area contributed by atoms with Gasteiger partial charge in [-0.2, -0.15) is 0 Å². The van der Waals surface area contributed by atoms with Crippen molar-refractivity contribution in [2.45, 2.75) is 200 Å². The Bertz CT molecular complexity index is 1110. The highest BCUT2D eigenvalue weighted by atomic mass is 16.6. The second-order valence-electron chi connectivity index (χ2n) is 14.7. The fourth-order valence-corrected chi connectivity index (χ4v) is 6.01. The van der Waals surface area contributed by atoms with Gasteiger partial charge in [-0.15, -0.1) is 0 Å². The molecule has 1 atom stereocenters. The summed E-state index contributed by atoms with van der Waals surface area (Å²) in [6, 6.07) is 0. The summed E-state index contributed by atoms with van der Waals surface area (Å²) < 4.78 is 10.6. The summed E-state index contributed by atoms with van der Waals surface area (Å²) in [5.41, 5.74) is 0. The zero-order valence-corrected chi connectivity index (χ0v) is 36.1. The Morgan fingerprint density at radius 1 is 0.411 bits per heavy atom. The largest absolute Gasteiger partial charge is 0.462 e. The van der Waals surface area contributed by atoms with Crippen molar-refractivity contribution in [1.82, 2.24) is 0 Å². The van der Waals surface area contributed by atoms with E-state index in [1.807, 2.05) is 0 Å². The third-order valence-electron chi connectivity index (χ3n) is 9.37. The second kappa shape index (κ2) is 46.2. The summed E-state index contributed by atoms with van der Waals surface area (Å²) in [5.74, 6) is -0.618. The number of hydrogen-bond donors (Lipinski definition) is 1. The average molecular weight is 777 g/mol. The maximum atomic E-state index is 12.2. The SMILES string of the molecule is CC/C=C\C/C=C\C/C=C\C/C=C\CCCCCCCCCCCCC(=O)OC(CO)COC(=O)CCCCCCCC/C=C\C/C=C\C/C=C\C/C=C\CC. The van der Waals surface area contributed by atoms with E-state index in [2.05, 4.69) is 111 Å². The van der Waals surface area contributed by atoms with Gasteiger partial charge in [0.1, 0.15) is 6.61 Å². The molecule has 0 spiro atoms. The van der Waals surface area contributed by atoms with E-state index in [0.29, 0.717) is 12.8 Å². The molecule has 0 aromatic heterocycles. The number of aliphatic hydroxyl groups excluding tert-OH is 1. The van der Waals surface area contributed by atoms with Crippen LogP contribution in [0.2, 0.25) is 0 Å². The van der Waals surface area contributed by atoms with E-state index in [1.54, 1.807) is 0 Å². The van der Waals surface area contributed by atoms with Gasteiger partial charge < -0.3 is 14.6 Å². The van der Waals surface area contributed by atoms with E-state index in [1.165, 1.54) is 70.6 Å². The van der Waals surface area contributed by atoms with Crippen molar-refractivity contribution in [3.05, 3.63) is 97.2 Å². The predicted molar refractivity (Wildman–Crippen MR) is 242 cm³/mol. The summed E-state index contributed by atoms with van der Waals surface area (Å²) >= 11 is 0. The number of rotatable bonds is 40. The minimum Gasteiger partial charge on any atom is -0.462 e. The molecular weight excluding hydrogens is 693 g/mol. The second-order valence-corrected chi connectivity index (χ2v) is 14.7. The molecule has 0 aromatic rings. The van der Waals surface area contributed by atoms with Crippen molar-refractivity contribution < 1.29 is 24.2 Å². The van der Waals surface area contributed by atoms with Gasteiger partial charge in [0.05, 0.1) is 6.61 Å². The molecule has 0 saturated carbocycles. The van der Waals surface area contributed by atoms with Crippen molar-refractivity contribution in [2.75, 3.05) is 13.2 Å². The molecule has 5 heteroatoms. The lowest BCUT2D eigenvalue weighted by Crippen LogP contribution is -2.28. The van der Waals surface area contributed by atoms with Crippen molar-refractivity contribution in [3.63, 3.8) is 0 Å². The van der Waals surface area contributed by atoms with Gasteiger partial charge in [-0.05, 0) is 89.9 Å². The number of allylic oxidation sites excluding steroid dienone is 16. The molecule has 0 aliphatic carbocycles. The predicted octanol–water partition coefficient (Wildman–Crippen LogP) is 14.8. The first-order valence-corrected chi connectivity index (χ1v) is 22.8. The molecule has 0 bridgehead atoms. The van der Waals surface area contributed by atoms with Crippen LogP contribution < -0.4 is 0 Å². The first kappa shape index (κ1) is 52.8. The third-order valence-corrected chi connectivity index (χ3v) is 9.37. The van der Waals surface area contributed by atoms with Gasteiger partial charge in [-0.1, -0.05) is 188 Å². The van der Waals surface area contributed by atoms with Gasteiger partial charge in [0.2, 0.25) is 0 Å². The van der Waals surface area contributed by atoms with E-state index in [-0.39, 0.29) is 25.2 Å². The Labute approximate surface area is 345 Å². The highest BCUT2D eigenvalue weighted by molar-refractivity contribution is 5.70. The number of hydrogen-bond acceptors (Lipinski definition) is 5. The Hall–Kier alpha value is -3.18. The maximum Gasteiger partial charge on any atom is 0.306 e. The first-order valence-electron chi connectivity index (χ1n) is 22.8. The van der Waals surface area contributed by atoms with Crippen LogP contribution in [0, 0.1) is 0 Å². The monoisotopic (exact) mass is 777 g/mol. The maximum absolute atomic E-state index is 12.2. The minimum absolute atomic E-state index is 0.0806. The fraction of sp³-hybridized carbons (Fsp3) is 0.647. The molecule has 0 heterocycles. The Kier molecular flexibility index (Phi) is 43.6. The third kappa shape index (κ3) is 43.5. The molecule has 1 unspecified atom stereocenters. The van der Waals surface area contributed by atoms with Gasteiger partial charge in [-0.25, -0.2) is 0 Å². The zero-order chi connectivity index (χ0) is 40.7. The van der Waals surface area contributed by atoms with E-state index < -0.39 is 6.10 Å². The van der Waals surface area contributed by atoms with Crippen molar-refractivity contribution in [2.24, 2.45) is 0 Å². The van der Waals surface area contributed by atoms with Crippen LogP contribution in [0.5, 0.6) is 0 Å². The molecule has 0 rings (SSSR count). The molecule has 0 fully saturated rings. The van der Waals surface area contributed by atoms with Crippen molar-refractivity contribution in [1.29, 1.82) is 0 Å². The van der Waals surface area contributed by atoms with Crippen LogP contribution in [0.15, 0.2) is 97.2 Å². The van der Waals surface area contributed by atoms with E-state index >= 15 is 0 Å². The molecule has 0 aliphatic rings. The lowest BCUT2D eigenvalue weighted by molar-refractivity contribution is -0.161. The van der Waals surface area contributed by atoms with Crippen molar-refractivity contribution in [3.8, 4) is 0 Å².